The second-order valence-electron chi connectivity index (χ2n) is 5.14. The van der Waals surface area contributed by atoms with Crippen molar-refractivity contribution in [2.45, 2.75) is 19.8 Å². The average molecular weight is 274 g/mol. The Kier molecular flexibility index (Phi) is 3.79. The van der Waals surface area contributed by atoms with Crippen LogP contribution in [0.25, 0.3) is 11.5 Å². The predicted molar refractivity (Wildman–Crippen MR) is 77.3 cm³/mol. The number of hydrogen-bond acceptors (Lipinski definition) is 4. The number of carbonyl (C=O) groups is 1. The van der Waals surface area contributed by atoms with E-state index in [-0.39, 0.29) is 11.7 Å². The summed E-state index contributed by atoms with van der Waals surface area (Å²) in [5.41, 5.74) is 2.25. The van der Waals surface area contributed by atoms with E-state index in [1.807, 2.05) is 57.1 Å². The molecule has 20 heavy (non-hydrogen) atoms. The van der Waals surface area contributed by atoms with E-state index in [1.165, 1.54) is 0 Å². The fourth-order valence-electron chi connectivity index (χ4n) is 1.92. The highest BCUT2D eigenvalue weighted by molar-refractivity contribution is 5.86. The van der Waals surface area contributed by atoms with Gasteiger partial charge in [-0.2, -0.15) is 0 Å². The molecule has 1 aromatic heterocycles. The predicted octanol–water partition coefficient (Wildman–Crippen LogP) is 3.23. The van der Waals surface area contributed by atoms with Crippen molar-refractivity contribution in [3.63, 3.8) is 0 Å². The second-order valence-corrected chi connectivity index (χ2v) is 5.14. The highest BCUT2D eigenvalue weighted by Gasteiger charge is 2.22. The van der Waals surface area contributed by atoms with E-state index in [0.29, 0.717) is 11.6 Å². The molecule has 0 amide bonds. The van der Waals surface area contributed by atoms with Gasteiger partial charge < -0.3 is 14.4 Å². The van der Waals surface area contributed by atoms with Crippen LogP contribution in [0.3, 0.4) is 0 Å². The van der Waals surface area contributed by atoms with Crippen molar-refractivity contribution in [3.05, 3.63) is 35.7 Å². The molecule has 2 aromatic rings. The first kappa shape index (κ1) is 14.1. The number of rotatable bonds is 4. The Morgan fingerprint density at radius 1 is 1.35 bits per heavy atom. The van der Waals surface area contributed by atoms with E-state index in [0.717, 1.165) is 11.3 Å². The summed E-state index contributed by atoms with van der Waals surface area (Å²) in [6.45, 7) is 3.79. The molecule has 0 fully saturated rings. The van der Waals surface area contributed by atoms with E-state index >= 15 is 0 Å². The monoisotopic (exact) mass is 274 g/mol. The fourth-order valence-corrected chi connectivity index (χ4v) is 1.92. The summed E-state index contributed by atoms with van der Waals surface area (Å²) in [6, 6.07) is 7.63. The average Bonchev–Trinajstić information content (AvgIpc) is 2.84. The van der Waals surface area contributed by atoms with E-state index < -0.39 is 5.97 Å². The van der Waals surface area contributed by atoms with Crippen LogP contribution in [0.4, 0.5) is 5.69 Å². The summed E-state index contributed by atoms with van der Waals surface area (Å²) in [7, 11) is 3.88. The van der Waals surface area contributed by atoms with E-state index in [4.69, 9.17) is 4.42 Å². The van der Waals surface area contributed by atoms with Gasteiger partial charge >= 0.3 is 5.97 Å². The Morgan fingerprint density at radius 3 is 2.55 bits per heavy atom. The summed E-state index contributed by atoms with van der Waals surface area (Å²) < 4.78 is 5.43. The molecule has 1 N–H and O–H groups in total. The first-order chi connectivity index (χ1) is 9.40. The molecule has 0 saturated carbocycles. The van der Waals surface area contributed by atoms with Gasteiger partial charge in [-0.15, -0.1) is 0 Å². The van der Waals surface area contributed by atoms with E-state index in [9.17, 15) is 9.90 Å². The molecule has 2 rings (SSSR count). The molecule has 5 heteroatoms. The Morgan fingerprint density at radius 2 is 2.05 bits per heavy atom. The number of benzene rings is 1. The maximum Gasteiger partial charge on any atom is 0.373 e. The van der Waals surface area contributed by atoms with Gasteiger partial charge in [-0.05, 0) is 24.1 Å². The van der Waals surface area contributed by atoms with Gasteiger partial charge in [0.1, 0.15) is 0 Å². The van der Waals surface area contributed by atoms with Gasteiger partial charge in [-0.3, -0.25) is 0 Å². The van der Waals surface area contributed by atoms with Crippen LogP contribution in [-0.4, -0.2) is 30.2 Å². The molecule has 0 aliphatic rings. The third-order valence-corrected chi connectivity index (χ3v) is 3.00. The molecule has 0 radical (unpaired) electrons. The summed E-state index contributed by atoms with van der Waals surface area (Å²) in [6.07, 6.45) is 0. The Hall–Kier alpha value is -2.30. The zero-order valence-corrected chi connectivity index (χ0v) is 12.0. The Balaban J connectivity index is 2.50. The minimum atomic E-state index is -1.09. The lowest BCUT2D eigenvalue weighted by Crippen LogP contribution is -2.08. The maximum absolute atomic E-state index is 11.2. The summed E-state index contributed by atoms with van der Waals surface area (Å²) in [4.78, 5) is 17.5. The van der Waals surface area contributed by atoms with Crippen molar-refractivity contribution >= 4 is 11.7 Å². The number of oxazole rings is 1. The Bertz CT molecular complexity index is 630. The lowest BCUT2D eigenvalue weighted by Gasteiger charge is -2.12. The molecule has 0 saturated heterocycles. The lowest BCUT2D eigenvalue weighted by molar-refractivity contribution is 0.0661. The molecule has 0 aliphatic carbocycles. The van der Waals surface area contributed by atoms with E-state index in [2.05, 4.69) is 4.98 Å². The highest BCUT2D eigenvalue weighted by atomic mass is 16.4. The van der Waals surface area contributed by atoms with Crippen molar-refractivity contribution in [3.8, 4) is 11.5 Å². The SMILES string of the molecule is CC(C)c1nc(-c2cccc(N(C)C)c2)oc1C(=O)O. The van der Waals surface area contributed by atoms with Crippen LogP contribution in [0.15, 0.2) is 28.7 Å². The number of anilines is 1. The lowest BCUT2D eigenvalue weighted by atomic mass is 10.1. The van der Waals surface area contributed by atoms with Crippen LogP contribution in [0, 0.1) is 0 Å². The second kappa shape index (κ2) is 5.36. The molecular weight excluding hydrogens is 256 g/mol. The highest BCUT2D eigenvalue weighted by Crippen LogP contribution is 2.28. The van der Waals surface area contributed by atoms with Gasteiger partial charge in [0.2, 0.25) is 11.7 Å². The molecular formula is C15H18N2O3. The van der Waals surface area contributed by atoms with Gasteiger partial charge in [0.25, 0.3) is 0 Å². The number of aromatic carboxylic acids is 1. The molecule has 0 bridgehead atoms. The zero-order valence-electron chi connectivity index (χ0n) is 12.0. The van der Waals surface area contributed by atoms with Crippen molar-refractivity contribution in [2.75, 3.05) is 19.0 Å². The molecule has 0 spiro atoms. The number of carboxylic acids is 1. The minimum Gasteiger partial charge on any atom is -0.475 e. The van der Waals surface area contributed by atoms with Crippen molar-refractivity contribution in [1.29, 1.82) is 0 Å². The number of hydrogen-bond donors (Lipinski definition) is 1. The van der Waals surface area contributed by atoms with Crippen LogP contribution in [0.5, 0.6) is 0 Å². The number of carboxylic acid groups (broad SMARTS) is 1. The first-order valence-corrected chi connectivity index (χ1v) is 6.42. The molecule has 5 nitrogen and oxygen atoms in total. The third kappa shape index (κ3) is 2.66. The molecule has 0 aliphatic heterocycles. The Labute approximate surface area is 117 Å². The maximum atomic E-state index is 11.2. The van der Waals surface area contributed by atoms with Crippen molar-refractivity contribution in [1.82, 2.24) is 4.98 Å². The largest absolute Gasteiger partial charge is 0.475 e. The van der Waals surface area contributed by atoms with Gasteiger partial charge in [0, 0.05) is 25.3 Å². The zero-order chi connectivity index (χ0) is 14.9. The molecule has 1 aromatic carbocycles. The van der Waals surface area contributed by atoms with Crippen LogP contribution < -0.4 is 4.90 Å². The first-order valence-electron chi connectivity index (χ1n) is 6.42. The van der Waals surface area contributed by atoms with Crippen LogP contribution >= 0.6 is 0 Å². The number of nitrogens with zero attached hydrogens (tertiary/aromatic N) is 2. The van der Waals surface area contributed by atoms with Gasteiger partial charge in [0.15, 0.2) is 0 Å². The molecule has 1 heterocycles. The standard InChI is InChI=1S/C15H18N2O3/c1-9(2)12-13(15(18)19)20-14(16-12)10-6-5-7-11(8-10)17(3)4/h5-9H,1-4H3,(H,18,19). The van der Waals surface area contributed by atoms with Crippen molar-refractivity contribution < 1.29 is 14.3 Å². The normalized spacial score (nSPS) is 10.8. The smallest absolute Gasteiger partial charge is 0.373 e. The minimum absolute atomic E-state index is 0.00404. The molecule has 106 valence electrons. The quantitative estimate of drug-likeness (QED) is 0.927. The van der Waals surface area contributed by atoms with Crippen LogP contribution in [-0.2, 0) is 0 Å². The summed E-state index contributed by atoms with van der Waals surface area (Å²) in [5, 5.41) is 9.18. The number of aromatic nitrogens is 1. The van der Waals surface area contributed by atoms with Gasteiger partial charge in [-0.25, -0.2) is 9.78 Å². The topological polar surface area (TPSA) is 66.6 Å². The van der Waals surface area contributed by atoms with Crippen molar-refractivity contribution in [2.24, 2.45) is 0 Å². The summed E-state index contributed by atoms with van der Waals surface area (Å²) in [5.74, 6) is -0.827. The fraction of sp³-hybridized carbons (Fsp3) is 0.333. The van der Waals surface area contributed by atoms with Gasteiger partial charge in [-0.1, -0.05) is 19.9 Å². The molecule has 0 atom stereocenters. The molecule has 0 unspecified atom stereocenters. The van der Waals surface area contributed by atoms with Crippen LogP contribution in [0.2, 0.25) is 0 Å². The summed E-state index contributed by atoms with van der Waals surface area (Å²) >= 11 is 0. The van der Waals surface area contributed by atoms with Crippen LogP contribution in [0.1, 0.15) is 36.0 Å². The van der Waals surface area contributed by atoms with E-state index in [1.54, 1.807) is 0 Å². The third-order valence-electron chi connectivity index (χ3n) is 3.00. The van der Waals surface area contributed by atoms with Gasteiger partial charge in [0.05, 0.1) is 5.69 Å².